The van der Waals surface area contributed by atoms with Gasteiger partial charge in [0.05, 0.1) is 25.5 Å². The van der Waals surface area contributed by atoms with Gasteiger partial charge in [-0.15, -0.1) is 5.10 Å². The van der Waals surface area contributed by atoms with Crippen LogP contribution >= 0.6 is 11.8 Å². The third kappa shape index (κ3) is 10.8. The number of carbonyl (C=O) groups excluding carboxylic acids is 2. The molecule has 2 amide bonds. The number of aliphatic hydroxyl groups is 5. The molecule has 0 aromatic carbocycles. The van der Waals surface area contributed by atoms with Crippen LogP contribution in [0, 0.1) is 0 Å². The number of anilines is 1. The van der Waals surface area contributed by atoms with Gasteiger partial charge in [-0.3, -0.25) is 9.59 Å². The van der Waals surface area contributed by atoms with E-state index in [1.807, 2.05) is 0 Å². The van der Waals surface area contributed by atoms with E-state index in [0.717, 1.165) is 30.4 Å². The number of hydrogen-bond acceptors (Lipinski definition) is 11. The van der Waals surface area contributed by atoms with Crippen LogP contribution in [0.25, 0.3) is 0 Å². The summed E-state index contributed by atoms with van der Waals surface area (Å²) in [7, 11) is 0. The summed E-state index contributed by atoms with van der Waals surface area (Å²) in [5, 5.41) is 60.9. The first-order valence-electron chi connectivity index (χ1n) is 13.3. The van der Waals surface area contributed by atoms with Crippen LogP contribution in [0.3, 0.4) is 0 Å². The van der Waals surface area contributed by atoms with E-state index in [0.29, 0.717) is 6.42 Å². The first-order valence-corrected chi connectivity index (χ1v) is 14.5. The van der Waals surface area contributed by atoms with Gasteiger partial charge in [-0.2, -0.15) is 11.8 Å². The fourth-order valence-corrected chi connectivity index (χ4v) is 5.00. The van der Waals surface area contributed by atoms with Gasteiger partial charge in [-0.1, -0.05) is 57.1 Å². The second-order valence-corrected chi connectivity index (χ2v) is 10.6. The zero-order valence-electron chi connectivity index (χ0n) is 21.9. The molecule has 0 bridgehead atoms. The van der Waals surface area contributed by atoms with Crippen LogP contribution < -0.4 is 10.6 Å². The van der Waals surface area contributed by atoms with Crippen molar-refractivity contribution in [1.29, 1.82) is 0 Å². The number of nitrogens with one attached hydrogen (secondary N) is 2. The summed E-state index contributed by atoms with van der Waals surface area (Å²) in [5.74, 6) is -0.413. The van der Waals surface area contributed by atoms with Crippen molar-refractivity contribution < 1.29 is 39.9 Å². The quantitative estimate of drug-likeness (QED) is 0.112. The minimum Gasteiger partial charge on any atom is -0.394 e. The van der Waals surface area contributed by atoms with Crippen LogP contribution in [0.5, 0.6) is 0 Å². The fourth-order valence-electron chi connectivity index (χ4n) is 4.01. The van der Waals surface area contributed by atoms with Gasteiger partial charge in [0.25, 0.3) is 0 Å². The Morgan fingerprint density at radius 2 is 1.76 bits per heavy atom. The van der Waals surface area contributed by atoms with Gasteiger partial charge < -0.3 is 40.9 Å². The molecule has 1 aliphatic rings. The highest BCUT2D eigenvalue weighted by Gasteiger charge is 2.44. The van der Waals surface area contributed by atoms with Gasteiger partial charge in [0.2, 0.25) is 11.8 Å². The van der Waals surface area contributed by atoms with Crippen LogP contribution in [0.15, 0.2) is 6.20 Å². The van der Waals surface area contributed by atoms with Crippen LogP contribution in [-0.2, 0) is 14.3 Å². The minimum absolute atomic E-state index is 0.0375. The van der Waals surface area contributed by atoms with E-state index in [-0.39, 0.29) is 23.2 Å². The molecule has 7 N–H and O–H groups in total. The molecule has 2 heterocycles. The smallest absolute Gasteiger partial charge is 0.249 e. The van der Waals surface area contributed by atoms with E-state index >= 15 is 0 Å². The molecule has 1 fully saturated rings. The van der Waals surface area contributed by atoms with Gasteiger partial charge in [0.15, 0.2) is 12.0 Å². The zero-order chi connectivity index (χ0) is 27.9. The number of ether oxygens (including phenoxy) is 1. The molecular weight excluding hydrogens is 518 g/mol. The number of carbonyl (C=O) groups is 2. The lowest BCUT2D eigenvalue weighted by molar-refractivity contribution is -0.126. The van der Waals surface area contributed by atoms with Crippen LogP contribution in [0.2, 0.25) is 0 Å². The van der Waals surface area contributed by atoms with Crippen LogP contribution in [0.1, 0.15) is 70.9 Å². The number of thioether (sulfide) groups is 1. The van der Waals surface area contributed by atoms with Crippen molar-refractivity contribution in [3.63, 3.8) is 0 Å². The summed E-state index contributed by atoms with van der Waals surface area (Å²) in [6, 6.07) is -0.925. The summed E-state index contributed by atoms with van der Waals surface area (Å²) in [4.78, 5) is 25.5. The van der Waals surface area contributed by atoms with Crippen LogP contribution in [0.4, 0.5) is 5.82 Å². The third-order valence-corrected chi connectivity index (χ3v) is 7.44. The standard InChI is InChI=1S/C24H43N5O8S/c1-2-3-4-5-6-7-8-9-10-20(33)25-17(15-38-14-16(32)12-30)23(36)26-19-11-29(28-27-19)24-22(35)21(34)18(13-31)37-24/h11,16-18,21-22,24,30-32,34-35H,2-10,12-15H2,1H3,(H,25,33)(H,26,36)/t16?,17?,18?,21-,22+,24+/m1/s1. The molecule has 1 aromatic rings. The number of aromatic nitrogens is 3. The second kappa shape index (κ2) is 17.7. The summed E-state index contributed by atoms with van der Waals surface area (Å²) in [5.41, 5.74) is 0. The lowest BCUT2D eigenvalue weighted by atomic mass is 10.1. The molecule has 0 saturated carbocycles. The van der Waals surface area contributed by atoms with Gasteiger partial charge in [-0.25, -0.2) is 4.68 Å². The highest BCUT2D eigenvalue weighted by molar-refractivity contribution is 7.99. The lowest BCUT2D eigenvalue weighted by Crippen LogP contribution is -2.45. The molecule has 13 nitrogen and oxygen atoms in total. The van der Waals surface area contributed by atoms with Gasteiger partial charge in [0, 0.05) is 17.9 Å². The normalized spacial score (nSPS) is 22.8. The SMILES string of the molecule is CCCCCCCCCCC(=O)NC(CSCC(O)CO)C(=O)Nc1cn([C@H]2OC(CO)[C@@H](O)[C@@H]2O)nn1. The van der Waals surface area contributed by atoms with E-state index in [1.165, 1.54) is 43.6 Å². The Bertz CT molecular complexity index is 831. The molecular formula is C24H43N5O8S. The van der Waals surface area contributed by atoms with Gasteiger partial charge >= 0.3 is 0 Å². The average molecular weight is 562 g/mol. The molecule has 3 unspecified atom stereocenters. The molecule has 1 saturated heterocycles. The minimum atomic E-state index is -1.35. The molecule has 38 heavy (non-hydrogen) atoms. The van der Waals surface area contributed by atoms with Crippen molar-refractivity contribution in [1.82, 2.24) is 20.3 Å². The van der Waals surface area contributed by atoms with Gasteiger partial charge in [-0.05, 0) is 6.42 Å². The topological polar surface area (TPSA) is 199 Å². The monoisotopic (exact) mass is 561 g/mol. The first kappa shape index (κ1) is 32.4. The summed E-state index contributed by atoms with van der Waals surface area (Å²) >= 11 is 1.21. The molecule has 0 radical (unpaired) electrons. The average Bonchev–Trinajstić information content (AvgIpc) is 3.48. The maximum Gasteiger partial charge on any atom is 0.249 e. The largest absolute Gasteiger partial charge is 0.394 e. The van der Waals surface area contributed by atoms with E-state index in [9.17, 15) is 30.0 Å². The Kier molecular flexibility index (Phi) is 15.1. The van der Waals surface area contributed by atoms with Crippen molar-refractivity contribution >= 4 is 29.4 Å². The molecule has 1 aliphatic heterocycles. The number of rotatable bonds is 19. The van der Waals surface area contributed by atoms with Crippen LogP contribution in [-0.4, -0.2) is 108 Å². The predicted octanol–water partition coefficient (Wildman–Crippen LogP) is -0.0699. The Balaban J connectivity index is 1.88. The molecule has 1 aromatic heterocycles. The Labute approximate surface area is 227 Å². The number of aliphatic hydroxyl groups excluding tert-OH is 5. The second-order valence-electron chi connectivity index (χ2n) is 9.52. The molecule has 6 atom stereocenters. The first-order chi connectivity index (χ1) is 18.3. The number of unbranched alkanes of at least 4 members (excludes halogenated alkanes) is 7. The van der Waals surface area contributed by atoms with E-state index in [4.69, 9.17) is 9.84 Å². The predicted molar refractivity (Wildman–Crippen MR) is 141 cm³/mol. The van der Waals surface area contributed by atoms with E-state index in [1.54, 1.807) is 0 Å². The van der Waals surface area contributed by atoms with Crippen molar-refractivity contribution in [3.8, 4) is 0 Å². The van der Waals surface area contributed by atoms with E-state index in [2.05, 4.69) is 27.9 Å². The van der Waals surface area contributed by atoms with Crippen molar-refractivity contribution in [3.05, 3.63) is 6.20 Å². The van der Waals surface area contributed by atoms with E-state index < -0.39 is 55.8 Å². The van der Waals surface area contributed by atoms with Crippen molar-refractivity contribution in [2.75, 3.05) is 30.0 Å². The zero-order valence-corrected chi connectivity index (χ0v) is 22.8. The molecule has 0 spiro atoms. The fraction of sp³-hybridized carbons (Fsp3) is 0.833. The van der Waals surface area contributed by atoms with Crippen molar-refractivity contribution in [2.24, 2.45) is 0 Å². The Morgan fingerprint density at radius 3 is 2.39 bits per heavy atom. The van der Waals surface area contributed by atoms with Gasteiger partial charge in [0.1, 0.15) is 24.4 Å². The summed E-state index contributed by atoms with van der Waals surface area (Å²) < 4.78 is 6.52. The molecule has 14 heteroatoms. The Hall–Kier alpha value is -1.81. The number of hydrogen-bond donors (Lipinski definition) is 7. The molecule has 2 rings (SSSR count). The Morgan fingerprint density at radius 1 is 1.08 bits per heavy atom. The molecule has 218 valence electrons. The summed E-state index contributed by atoms with van der Waals surface area (Å²) in [6.45, 7) is 1.29. The number of nitrogens with zero attached hydrogens (tertiary/aromatic N) is 3. The third-order valence-electron chi connectivity index (χ3n) is 6.25. The van der Waals surface area contributed by atoms with Crippen molar-refractivity contribution in [2.45, 2.75) is 101 Å². The highest BCUT2D eigenvalue weighted by Crippen LogP contribution is 2.29. The molecule has 0 aliphatic carbocycles. The highest BCUT2D eigenvalue weighted by atomic mass is 32.2. The summed E-state index contributed by atoms with van der Waals surface area (Å²) in [6.07, 6.45) is 4.72. The number of amides is 2. The maximum absolute atomic E-state index is 13.0. The maximum atomic E-state index is 13.0. The lowest BCUT2D eigenvalue weighted by Gasteiger charge is -2.18.